The molecule has 2 aromatic rings. The molecule has 0 fully saturated rings. The van der Waals surface area contributed by atoms with Crippen molar-refractivity contribution in [1.29, 1.82) is 5.26 Å². The first-order valence-corrected chi connectivity index (χ1v) is 6.53. The Morgan fingerprint density at radius 3 is 2.90 bits per heavy atom. The Morgan fingerprint density at radius 1 is 1.48 bits per heavy atom. The molecule has 0 saturated heterocycles. The molecule has 0 unspecified atom stereocenters. The number of hydrogen-bond acceptors (Lipinski definition) is 5. The van der Waals surface area contributed by atoms with Crippen LogP contribution in [0.2, 0.25) is 0 Å². The summed E-state index contributed by atoms with van der Waals surface area (Å²) in [7, 11) is 0. The van der Waals surface area contributed by atoms with Crippen molar-refractivity contribution in [3.63, 3.8) is 0 Å². The van der Waals surface area contributed by atoms with Crippen molar-refractivity contribution < 1.29 is 9.31 Å². The number of nitrogens with one attached hydrogen (secondary N) is 1. The fraction of sp³-hybridized carbons (Fsp3) is 0.0769. The molecular weight excluding hydrogens is 343 g/mol. The molecule has 8 heteroatoms. The molecule has 0 aliphatic rings. The maximum atomic E-state index is 13.2. The lowest BCUT2D eigenvalue weighted by atomic mass is 10.2. The van der Waals surface area contributed by atoms with Crippen molar-refractivity contribution in [2.45, 2.75) is 6.54 Å². The summed E-state index contributed by atoms with van der Waals surface area (Å²) in [6.45, 7) is 0.220. The highest BCUT2D eigenvalue weighted by molar-refractivity contribution is 9.10. The number of aromatic nitrogens is 1. The number of nitrogens with zero attached hydrogens (tertiary/aromatic N) is 3. The molecule has 1 N–H and O–H groups in total. The van der Waals surface area contributed by atoms with Crippen molar-refractivity contribution in [2.24, 2.45) is 0 Å². The first kappa shape index (κ1) is 14.9. The van der Waals surface area contributed by atoms with Gasteiger partial charge in [-0.05, 0) is 23.8 Å². The predicted octanol–water partition coefficient (Wildman–Crippen LogP) is 3.38. The Hall–Kier alpha value is -2.53. The van der Waals surface area contributed by atoms with E-state index in [0.717, 1.165) is 12.3 Å². The highest BCUT2D eigenvalue weighted by atomic mass is 79.9. The third kappa shape index (κ3) is 3.52. The van der Waals surface area contributed by atoms with Crippen LogP contribution in [-0.4, -0.2) is 9.91 Å². The van der Waals surface area contributed by atoms with Crippen LogP contribution in [0.1, 0.15) is 11.1 Å². The lowest BCUT2D eigenvalue weighted by Gasteiger charge is -2.08. The van der Waals surface area contributed by atoms with Crippen molar-refractivity contribution in [1.82, 2.24) is 4.98 Å². The highest BCUT2D eigenvalue weighted by Gasteiger charge is 2.12. The summed E-state index contributed by atoms with van der Waals surface area (Å²) in [6.07, 6.45) is 1.06. The highest BCUT2D eigenvalue weighted by Crippen LogP contribution is 2.21. The standard InChI is InChI=1S/C13H8BrFN4O2/c14-12-2-1-10(15)3-9(12)6-17-13-8(5-16)4-11(7-18-13)19(20)21/h1-4,7H,6H2,(H,17,18). The molecule has 0 spiro atoms. The average Bonchev–Trinajstić information content (AvgIpc) is 2.47. The fourth-order valence-corrected chi connectivity index (χ4v) is 2.02. The van der Waals surface area contributed by atoms with E-state index in [1.165, 1.54) is 12.1 Å². The summed E-state index contributed by atoms with van der Waals surface area (Å²) in [5, 5.41) is 22.5. The molecule has 1 aromatic carbocycles. The minimum atomic E-state index is -0.624. The number of nitriles is 1. The van der Waals surface area contributed by atoms with E-state index < -0.39 is 4.92 Å². The Kier molecular flexibility index (Phi) is 4.45. The van der Waals surface area contributed by atoms with E-state index in [1.54, 1.807) is 6.07 Å². The first-order chi connectivity index (χ1) is 10.0. The monoisotopic (exact) mass is 350 g/mol. The summed E-state index contributed by atoms with van der Waals surface area (Å²) >= 11 is 3.29. The number of nitro groups is 1. The number of rotatable bonds is 4. The summed E-state index contributed by atoms with van der Waals surface area (Å²) in [5.41, 5.74) is 0.430. The van der Waals surface area contributed by atoms with Gasteiger partial charge < -0.3 is 5.32 Å². The third-order valence-electron chi connectivity index (χ3n) is 2.66. The molecule has 106 valence electrons. The first-order valence-electron chi connectivity index (χ1n) is 5.73. The third-order valence-corrected chi connectivity index (χ3v) is 3.43. The number of pyridine rings is 1. The van der Waals surface area contributed by atoms with Gasteiger partial charge in [-0.25, -0.2) is 9.37 Å². The van der Waals surface area contributed by atoms with Gasteiger partial charge in [0.15, 0.2) is 0 Å². The lowest BCUT2D eigenvalue weighted by Crippen LogP contribution is -2.05. The molecule has 0 aliphatic carbocycles. The predicted molar refractivity (Wildman–Crippen MR) is 77.0 cm³/mol. The topological polar surface area (TPSA) is 91.8 Å². The number of halogens is 2. The minimum Gasteiger partial charge on any atom is -0.365 e. The van der Waals surface area contributed by atoms with Gasteiger partial charge in [-0.15, -0.1) is 0 Å². The van der Waals surface area contributed by atoms with Crippen LogP contribution in [0.4, 0.5) is 15.9 Å². The lowest BCUT2D eigenvalue weighted by molar-refractivity contribution is -0.385. The molecule has 1 heterocycles. The van der Waals surface area contributed by atoms with Crippen LogP contribution in [-0.2, 0) is 6.54 Å². The summed E-state index contributed by atoms with van der Waals surface area (Å²) < 4.78 is 13.9. The van der Waals surface area contributed by atoms with Gasteiger partial charge in [0.2, 0.25) is 0 Å². The second kappa shape index (κ2) is 6.28. The van der Waals surface area contributed by atoms with E-state index in [0.29, 0.717) is 10.0 Å². The Balaban J connectivity index is 2.22. The zero-order chi connectivity index (χ0) is 15.4. The number of hydrogen-bond donors (Lipinski definition) is 1. The molecule has 2 rings (SSSR count). The molecule has 21 heavy (non-hydrogen) atoms. The van der Waals surface area contributed by atoms with Gasteiger partial charge in [-0.2, -0.15) is 5.26 Å². The van der Waals surface area contributed by atoms with Crippen molar-refractivity contribution >= 4 is 27.4 Å². The van der Waals surface area contributed by atoms with Crippen LogP contribution >= 0.6 is 15.9 Å². The van der Waals surface area contributed by atoms with Crippen LogP contribution in [0.3, 0.4) is 0 Å². The largest absolute Gasteiger partial charge is 0.365 e. The number of benzene rings is 1. The van der Waals surface area contributed by atoms with Gasteiger partial charge in [0, 0.05) is 17.1 Å². The zero-order valence-electron chi connectivity index (χ0n) is 10.5. The van der Waals surface area contributed by atoms with Gasteiger partial charge >= 0.3 is 0 Å². The summed E-state index contributed by atoms with van der Waals surface area (Å²) in [5.74, 6) is -0.175. The molecule has 0 atom stereocenters. The Morgan fingerprint density at radius 2 is 2.24 bits per heavy atom. The molecule has 0 aliphatic heterocycles. The molecule has 6 nitrogen and oxygen atoms in total. The molecule has 0 saturated carbocycles. The van der Waals surface area contributed by atoms with E-state index in [4.69, 9.17) is 5.26 Å². The van der Waals surface area contributed by atoms with Crippen LogP contribution < -0.4 is 5.32 Å². The van der Waals surface area contributed by atoms with Gasteiger partial charge in [0.1, 0.15) is 29.5 Å². The number of anilines is 1. The van der Waals surface area contributed by atoms with Crippen LogP contribution in [0.25, 0.3) is 0 Å². The second-order valence-corrected chi connectivity index (χ2v) is 4.90. The fourth-order valence-electron chi connectivity index (χ4n) is 1.64. The minimum absolute atomic E-state index is 0.0525. The van der Waals surface area contributed by atoms with Crippen LogP contribution in [0.15, 0.2) is 34.9 Å². The SMILES string of the molecule is N#Cc1cc([N+](=O)[O-])cnc1NCc1cc(F)ccc1Br. The molecule has 0 bridgehead atoms. The second-order valence-electron chi connectivity index (χ2n) is 4.05. The Labute approximate surface area is 127 Å². The molecule has 0 radical (unpaired) electrons. The van der Waals surface area contributed by atoms with E-state index in [9.17, 15) is 14.5 Å². The maximum Gasteiger partial charge on any atom is 0.289 e. The van der Waals surface area contributed by atoms with E-state index in [1.807, 2.05) is 6.07 Å². The van der Waals surface area contributed by atoms with Gasteiger partial charge in [0.25, 0.3) is 5.69 Å². The summed E-state index contributed by atoms with van der Waals surface area (Å²) in [6, 6.07) is 7.20. The van der Waals surface area contributed by atoms with Crippen molar-refractivity contribution in [2.75, 3.05) is 5.32 Å². The molecule has 0 amide bonds. The van der Waals surface area contributed by atoms with Gasteiger partial charge in [0.05, 0.1) is 4.92 Å². The smallest absolute Gasteiger partial charge is 0.289 e. The van der Waals surface area contributed by atoms with E-state index in [2.05, 4.69) is 26.2 Å². The normalized spacial score (nSPS) is 9.95. The Bertz CT molecular complexity index is 745. The zero-order valence-corrected chi connectivity index (χ0v) is 12.1. The van der Waals surface area contributed by atoms with E-state index in [-0.39, 0.29) is 29.4 Å². The summed E-state index contributed by atoms with van der Waals surface area (Å²) in [4.78, 5) is 13.9. The van der Waals surface area contributed by atoms with Crippen molar-refractivity contribution in [3.05, 3.63) is 62.0 Å². The van der Waals surface area contributed by atoms with Crippen molar-refractivity contribution in [3.8, 4) is 6.07 Å². The van der Waals surface area contributed by atoms with Gasteiger partial charge in [-0.1, -0.05) is 15.9 Å². The average molecular weight is 351 g/mol. The van der Waals surface area contributed by atoms with Crippen LogP contribution in [0, 0.1) is 27.3 Å². The molecule has 1 aromatic heterocycles. The van der Waals surface area contributed by atoms with Crippen LogP contribution in [0.5, 0.6) is 0 Å². The molecular formula is C13H8BrFN4O2. The quantitative estimate of drug-likeness (QED) is 0.674. The van der Waals surface area contributed by atoms with E-state index >= 15 is 0 Å². The van der Waals surface area contributed by atoms with Gasteiger partial charge in [-0.3, -0.25) is 10.1 Å². The maximum absolute atomic E-state index is 13.2.